The minimum Gasteiger partial charge on any atom is -0.486 e. The second kappa shape index (κ2) is 4.09. The van der Waals surface area contributed by atoms with E-state index in [1.54, 1.807) is 0 Å². The lowest BCUT2D eigenvalue weighted by Crippen LogP contribution is -2.06. The Morgan fingerprint density at radius 3 is 2.73 bits per heavy atom. The van der Waals surface area contributed by atoms with Crippen LogP contribution in [-0.4, -0.2) is 18.1 Å². The van der Waals surface area contributed by atoms with Gasteiger partial charge in [-0.1, -0.05) is 13.8 Å². The lowest BCUT2D eigenvalue weighted by Gasteiger charge is -2.16. The van der Waals surface area contributed by atoms with E-state index in [0.29, 0.717) is 12.0 Å². The maximum absolute atomic E-state index is 5.91. The van der Waals surface area contributed by atoms with E-state index < -0.39 is 0 Å². The number of nitrogens with zero attached hydrogens (tertiary/aromatic N) is 1. The number of rotatable bonds is 4. The number of aromatic nitrogens is 1. The van der Waals surface area contributed by atoms with E-state index >= 15 is 0 Å². The van der Waals surface area contributed by atoms with Crippen LogP contribution < -0.4 is 10.1 Å². The molecular formula is C12H18N2O. The summed E-state index contributed by atoms with van der Waals surface area (Å²) < 4.78 is 5.91. The Hall–Kier alpha value is -1.25. The van der Waals surface area contributed by atoms with Crippen LogP contribution in [0.2, 0.25) is 0 Å². The zero-order valence-electron chi connectivity index (χ0n) is 9.58. The molecular weight excluding hydrogens is 188 g/mol. The molecule has 1 aromatic rings. The first-order valence-corrected chi connectivity index (χ1v) is 5.55. The normalized spacial score (nSPS) is 15.5. The van der Waals surface area contributed by atoms with Gasteiger partial charge in [-0.05, 0) is 24.8 Å². The van der Waals surface area contributed by atoms with Crippen molar-refractivity contribution in [1.82, 2.24) is 4.98 Å². The van der Waals surface area contributed by atoms with Crippen LogP contribution in [0.1, 0.15) is 38.3 Å². The third-order valence-corrected chi connectivity index (χ3v) is 2.56. The van der Waals surface area contributed by atoms with Crippen LogP contribution in [0.3, 0.4) is 0 Å². The molecule has 0 unspecified atom stereocenters. The minimum atomic E-state index is 0.395. The van der Waals surface area contributed by atoms with Gasteiger partial charge in [-0.3, -0.25) is 4.98 Å². The van der Waals surface area contributed by atoms with E-state index in [9.17, 15) is 0 Å². The molecule has 1 aliphatic carbocycles. The van der Waals surface area contributed by atoms with Crippen molar-refractivity contribution in [3.05, 3.63) is 18.0 Å². The van der Waals surface area contributed by atoms with Crippen molar-refractivity contribution < 1.29 is 4.74 Å². The molecule has 3 heteroatoms. The highest BCUT2D eigenvalue weighted by atomic mass is 16.5. The molecule has 1 saturated carbocycles. The molecule has 0 amide bonds. The summed E-state index contributed by atoms with van der Waals surface area (Å²) in [4.78, 5) is 4.40. The van der Waals surface area contributed by atoms with Gasteiger partial charge in [0.1, 0.15) is 0 Å². The molecule has 0 aliphatic heterocycles. The first-order valence-electron chi connectivity index (χ1n) is 5.55. The van der Waals surface area contributed by atoms with Gasteiger partial charge in [-0.15, -0.1) is 0 Å². The highest BCUT2D eigenvalue weighted by Gasteiger charge is 2.26. The highest BCUT2D eigenvalue weighted by molar-refractivity contribution is 5.58. The second-order valence-corrected chi connectivity index (χ2v) is 4.29. The maximum Gasteiger partial charge on any atom is 0.164 e. The fourth-order valence-electron chi connectivity index (χ4n) is 1.55. The van der Waals surface area contributed by atoms with Gasteiger partial charge in [0.25, 0.3) is 0 Å². The van der Waals surface area contributed by atoms with E-state index in [1.807, 2.05) is 19.3 Å². The van der Waals surface area contributed by atoms with E-state index in [2.05, 4.69) is 24.1 Å². The first kappa shape index (κ1) is 10.3. The van der Waals surface area contributed by atoms with E-state index in [1.165, 1.54) is 12.8 Å². The second-order valence-electron chi connectivity index (χ2n) is 4.29. The summed E-state index contributed by atoms with van der Waals surface area (Å²) in [6.07, 6.45) is 4.60. The molecule has 0 saturated heterocycles. The van der Waals surface area contributed by atoms with Crippen molar-refractivity contribution in [3.63, 3.8) is 0 Å². The largest absolute Gasteiger partial charge is 0.486 e. The highest BCUT2D eigenvalue weighted by Crippen LogP contribution is 2.36. The Labute approximate surface area is 90.9 Å². The standard InChI is InChI=1S/C12H18N2O/c1-8(2)11-12(15-9-4-5-9)10(13-3)6-7-14-11/h6-9H,4-5H2,1-3H3,(H,13,14). The van der Waals surface area contributed by atoms with Gasteiger partial charge in [0.15, 0.2) is 5.75 Å². The van der Waals surface area contributed by atoms with Gasteiger partial charge in [-0.25, -0.2) is 0 Å². The summed E-state index contributed by atoms with van der Waals surface area (Å²) in [6.45, 7) is 4.28. The average molecular weight is 206 g/mol. The summed E-state index contributed by atoms with van der Waals surface area (Å²) in [6, 6.07) is 1.96. The molecule has 0 atom stereocenters. The fourth-order valence-corrected chi connectivity index (χ4v) is 1.55. The van der Waals surface area contributed by atoms with Gasteiger partial charge in [0.2, 0.25) is 0 Å². The smallest absolute Gasteiger partial charge is 0.164 e. The van der Waals surface area contributed by atoms with Crippen molar-refractivity contribution in [2.45, 2.75) is 38.7 Å². The number of ether oxygens (including phenoxy) is 1. The van der Waals surface area contributed by atoms with Gasteiger partial charge in [0.05, 0.1) is 17.5 Å². The van der Waals surface area contributed by atoms with Crippen LogP contribution in [0.25, 0.3) is 0 Å². The van der Waals surface area contributed by atoms with Crippen molar-refractivity contribution in [2.24, 2.45) is 0 Å². The summed E-state index contributed by atoms with van der Waals surface area (Å²) in [5.41, 5.74) is 2.09. The average Bonchev–Trinajstić information content (AvgIpc) is 3.01. The predicted molar refractivity (Wildman–Crippen MR) is 61.5 cm³/mol. The molecule has 1 aliphatic rings. The molecule has 1 heterocycles. The van der Waals surface area contributed by atoms with E-state index in [4.69, 9.17) is 4.74 Å². The van der Waals surface area contributed by atoms with Crippen molar-refractivity contribution in [2.75, 3.05) is 12.4 Å². The molecule has 15 heavy (non-hydrogen) atoms. The Kier molecular flexibility index (Phi) is 2.80. The number of anilines is 1. The number of nitrogens with one attached hydrogen (secondary N) is 1. The third-order valence-electron chi connectivity index (χ3n) is 2.56. The molecule has 1 aromatic heterocycles. The zero-order valence-corrected chi connectivity index (χ0v) is 9.58. The Morgan fingerprint density at radius 2 is 2.20 bits per heavy atom. The molecule has 0 bridgehead atoms. The van der Waals surface area contributed by atoms with Crippen LogP contribution in [-0.2, 0) is 0 Å². The predicted octanol–water partition coefficient (Wildman–Crippen LogP) is 2.79. The van der Waals surface area contributed by atoms with Crippen LogP contribution in [0.5, 0.6) is 5.75 Å². The molecule has 0 radical (unpaired) electrons. The minimum absolute atomic E-state index is 0.395. The molecule has 0 aromatic carbocycles. The topological polar surface area (TPSA) is 34.2 Å². The van der Waals surface area contributed by atoms with Gasteiger partial charge in [0, 0.05) is 13.2 Å². The molecule has 0 spiro atoms. The Bertz CT molecular complexity index is 345. The summed E-state index contributed by atoms with van der Waals surface area (Å²) in [5, 5.41) is 3.16. The van der Waals surface area contributed by atoms with Crippen molar-refractivity contribution in [1.29, 1.82) is 0 Å². The quantitative estimate of drug-likeness (QED) is 0.822. The van der Waals surface area contributed by atoms with Gasteiger partial charge < -0.3 is 10.1 Å². The van der Waals surface area contributed by atoms with E-state index in [0.717, 1.165) is 17.1 Å². The summed E-state index contributed by atoms with van der Waals surface area (Å²) in [5.74, 6) is 1.34. The third kappa shape index (κ3) is 2.22. The summed E-state index contributed by atoms with van der Waals surface area (Å²) >= 11 is 0. The molecule has 82 valence electrons. The lowest BCUT2D eigenvalue weighted by molar-refractivity contribution is 0.298. The molecule has 1 fully saturated rings. The Balaban J connectivity index is 2.34. The number of pyridine rings is 1. The molecule has 2 rings (SSSR count). The SMILES string of the molecule is CNc1ccnc(C(C)C)c1OC1CC1. The first-order chi connectivity index (χ1) is 7.22. The zero-order chi connectivity index (χ0) is 10.8. The fraction of sp³-hybridized carbons (Fsp3) is 0.583. The van der Waals surface area contributed by atoms with Crippen molar-refractivity contribution in [3.8, 4) is 5.75 Å². The van der Waals surface area contributed by atoms with Crippen LogP contribution in [0.4, 0.5) is 5.69 Å². The number of hydrogen-bond acceptors (Lipinski definition) is 3. The van der Waals surface area contributed by atoms with Gasteiger partial charge in [-0.2, -0.15) is 0 Å². The van der Waals surface area contributed by atoms with Crippen LogP contribution in [0, 0.1) is 0 Å². The van der Waals surface area contributed by atoms with E-state index in [-0.39, 0.29) is 0 Å². The molecule has 3 nitrogen and oxygen atoms in total. The Morgan fingerprint density at radius 1 is 1.47 bits per heavy atom. The molecule has 1 N–H and O–H groups in total. The maximum atomic E-state index is 5.91. The lowest BCUT2D eigenvalue weighted by atomic mass is 10.1. The van der Waals surface area contributed by atoms with Crippen LogP contribution >= 0.6 is 0 Å². The number of hydrogen-bond donors (Lipinski definition) is 1. The van der Waals surface area contributed by atoms with Crippen LogP contribution in [0.15, 0.2) is 12.3 Å². The van der Waals surface area contributed by atoms with Crippen molar-refractivity contribution >= 4 is 5.69 Å². The summed E-state index contributed by atoms with van der Waals surface area (Å²) in [7, 11) is 1.92. The monoisotopic (exact) mass is 206 g/mol. The van der Waals surface area contributed by atoms with Gasteiger partial charge >= 0.3 is 0 Å².